The molecule has 15 heavy (non-hydrogen) atoms. The van der Waals surface area contributed by atoms with E-state index in [1.165, 1.54) is 23.8 Å². The summed E-state index contributed by atoms with van der Waals surface area (Å²) in [5.41, 5.74) is -0.955. The van der Waals surface area contributed by atoms with Gasteiger partial charge in [-0.25, -0.2) is 4.79 Å². The van der Waals surface area contributed by atoms with Gasteiger partial charge in [0.25, 0.3) is 5.56 Å². The van der Waals surface area contributed by atoms with E-state index in [1.54, 1.807) is 7.05 Å². The molecule has 82 valence electrons. The van der Waals surface area contributed by atoms with E-state index < -0.39 is 17.3 Å². The lowest BCUT2D eigenvalue weighted by atomic mass is 10.2. The van der Waals surface area contributed by atoms with Crippen molar-refractivity contribution in [3.8, 4) is 0 Å². The summed E-state index contributed by atoms with van der Waals surface area (Å²) in [5.74, 6) is -0.0596. The van der Waals surface area contributed by atoms with E-state index in [9.17, 15) is 14.4 Å². The highest BCUT2D eigenvalue weighted by Crippen LogP contribution is 1.89. The predicted octanol–water partition coefficient (Wildman–Crippen LogP) is -1.29. The second-order valence-corrected chi connectivity index (χ2v) is 3.21. The molecule has 0 saturated heterocycles. The third-order valence-corrected chi connectivity index (χ3v) is 2.12. The zero-order valence-electron chi connectivity index (χ0n) is 8.61. The number of nitrogens with one attached hydrogen (secondary N) is 2. The van der Waals surface area contributed by atoms with E-state index in [4.69, 9.17) is 0 Å². The minimum atomic E-state index is -0.510. The zero-order valence-corrected chi connectivity index (χ0v) is 8.61. The highest BCUT2D eigenvalue weighted by molar-refractivity contribution is 5.81. The van der Waals surface area contributed by atoms with Crippen LogP contribution in [0.15, 0.2) is 21.9 Å². The van der Waals surface area contributed by atoms with Crippen molar-refractivity contribution in [2.45, 2.75) is 19.5 Å². The van der Waals surface area contributed by atoms with Gasteiger partial charge in [-0.1, -0.05) is 0 Å². The van der Waals surface area contributed by atoms with Crippen molar-refractivity contribution in [2.75, 3.05) is 7.05 Å². The summed E-state index contributed by atoms with van der Waals surface area (Å²) in [5, 5.41) is 2.79. The molecule has 1 heterocycles. The first kappa shape index (κ1) is 11.4. The molecular weight excluding hydrogens is 198 g/mol. The molecular formula is C9H13N3O3. The Morgan fingerprint density at radius 2 is 2.27 bits per heavy atom. The van der Waals surface area contributed by atoms with Gasteiger partial charge in [-0.2, -0.15) is 0 Å². The van der Waals surface area contributed by atoms with Crippen LogP contribution in [0.2, 0.25) is 0 Å². The Bertz CT molecular complexity index is 460. The Kier molecular flexibility index (Phi) is 3.56. The number of likely N-dealkylation sites (N-methyl/N-ethyl adjacent to an activating group) is 1. The third-order valence-electron chi connectivity index (χ3n) is 2.12. The van der Waals surface area contributed by atoms with E-state index in [0.717, 1.165) is 0 Å². The molecule has 6 heteroatoms. The molecule has 0 unspecified atom stereocenters. The lowest BCUT2D eigenvalue weighted by Crippen LogP contribution is -2.40. The van der Waals surface area contributed by atoms with Crippen molar-refractivity contribution in [3.63, 3.8) is 0 Å². The van der Waals surface area contributed by atoms with Crippen LogP contribution in [-0.4, -0.2) is 28.4 Å². The fourth-order valence-corrected chi connectivity index (χ4v) is 1.21. The molecule has 0 fully saturated rings. The van der Waals surface area contributed by atoms with Gasteiger partial charge < -0.3 is 5.32 Å². The SMILES string of the molecule is CN[C@@H](Cn1ccc(=O)[nH]c1=O)C(C)=O. The standard InChI is InChI=1S/C9H13N3O3/c1-6(13)7(10-2)5-12-4-3-8(14)11-9(12)15/h3-4,7,10H,5H2,1-2H3,(H,11,14,15)/t7-/m0/s1. The van der Waals surface area contributed by atoms with Crippen molar-refractivity contribution in [1.82, 2.24) is 14.9 Å². The fourth-order valence-electron chi connectivity index (χ4n) is 1.21. The van der Waals surface area contributed by atoms with Gasteiger partial charge in [-0.3, -0.25) is 19.1 Å². The second kappa shape index (κ2) is 4.70. The lowest BCUT2D eigenvalue weighted by molar-refractivity contribution is -0.119. The number of hydrogen-bond donors (Lipinski definition) is 2. The average molecular weight is 211 g/mol. The number of carbonyl (C=O) groups excluding carboxylic acids is 1. The molecule has 0 saturated carbocycles. The van der Waals surface area contributed by atoms with Crippen LogP contribution in [-0.2, 0) is 11.3 Å². The molecule has 0 amide bonds. The maximum absolute atomic E-state index is 11.3. The van der Waals surface area contributed by atoms with Gasteiger partial charge in [-0.15, -0.1) is 0 Å². The Labute approximate surface area is 85.9 Å². The molecule has 0 spiro atoms. The highest BCUT2D eigenvalue weighted by Gasteiger charge is 2.12. The second-order valence-electron chi connectivity index (χ2n) is 3.21. The van der Waals surface area contributed by atoms with Crippen LogP contribution in [0, 0.1) is 0 Å². The minimum Gasteiger partial charge on any atom is -0.309 e. The first-order valence-electron chi connectivity index (χ1n) is 4.52. The predicted molar refractivity (Wildman–Crippen MR) is 54.9 cm³/mol. The number of aromatic amines is 1. The Morgan fingerprint density at radius 3 is 2.73 bits per heavy atom. The molecule has 0 aliphatic carbocycles. The van der Waals surface area contributed by atoms with Crippen molar-refractivity contribution in [1.29, 1.82) is 0 Å². The number of H-pyrrole nitrogens is 1. The summed E-state index contributed by atoms with van der Waals surface area (Å²) in [6, 6.07) is 0.822. The maximum atomic E-state index is 11.3. The smallest absolute Gasteiger partial charge is 0.309 e. The van der Waals surface area contributed by atoms with Crippen molar-refractivity contribution >= 4 is 5.78 Å². The largest absolute Gasteiger partial charge is 0.328 e. The van der Waals surface area contributed by atoms with E-state index in [-0.39, 0.29) is 12.3 Å². The number of rotatable bonds is 4. The number of Topliss-reactive ketones (excluding diaryl/α,β-unsaturated/α-hetero) is 1. The van der Waals surface area contributed by atoms with Crippen LogP contribution in [0.4, 0.5) is 0 Å². The number of nitrogens with zero attached hydrogens (tertiary/aromatic N) is 1. The molecule has 1 rings (SSSR count). The Hall–Kier alpha value is -1.69. The fraction of sp³-hybridized carbons (Fsp3) is 0.444. The molecule has 2 N–H and O–H groups in total. The summed E-state index contributed by atoms with van der Waals surface area (Å²) < 4.78 is 1.28. The minimum absolute atomic E-state index is 0.0596. The van der Waals surface area contributed by atoms with Gasteiger partial charge in [-0.05, 0) is 14.0 Å². The number of carbonyl (C=O) groups is 1. The summed E-state index contributed by atoms with van der Waals surface area (Å²) in [6.07, 6.45) is 1.37. The van der Waals surface area contributed by atoms with Gasteiger partial charge in [0.1, 0.15) is 5.78 Å². The molecule has 0 radical (unpaired) electrons. The quantitative estimate of drug-likeness (QED) is 0.649. The number of aromatic nitrogens is 2. The van der Waals surface area contributed by atoms with Crippen LogP contribution in [0.1, 0.15) is 6.92 Å². The normalized spacial score (nSPS) is 12.4. The molecule has 0 aromatic carbocycles. The maximum Gasteiger partial charge on any atom is 0.328 e. The Morgan fingerprint density at radius 1 is 1.60 bits per heavy atom. The van der Waals surface area contributed by atoms with Crippen LogP contribution in [0.3, 0.4) is 0 Å². The molecule has 0 bridgehead atoms. The Balaban J connectivity index is 2.94. The highest BCUT2D eigenvalue weighted by atomic mass is 16.2. The van der Waals surface area contributed by atoms with Crippen molar-refractivity contribution in [2.24, 2.45) is 0 Å². The van der Waals surface area contributed by atoms with E-state index >= 15 is 0 Å². The van der Waals surface area contributed by atoms with E-state index in [0.29, 0.717) is 0 Å². The summed E-state index contributed by atoms with van der Waals surface area (Å²) in [7, 11) is 1.64. The monoisotopic (exact) mass is 211 g/mol. The first-order chi connectivity index (χ1) is 7.04. The average Bonchev–Trinajstić information content (AvgIpc) is 2.16. The van der Waals surface area contributed by atoms with E-state index in [1.807, 2.05) is 0 Å². The number of hydrogen-bond acceptors (Lipinski definition) is 4. The van der Waals surface area contributed by atoms with Gasteiger partial charge in [0.05, 0.1) is 6.04 Å². The van der Waals surface area contributed by atoms with Gasteiger partial charge >= 0.3 is 5.69 Å². The molecule has 6 nitrogen and oxygen atoms in total. The topological polar surface area (TPSA) is 84.0 Å². The lowest BCUT2D eigenvalue weighted by Gasteiger charge is -2.13. The first-order valence-corrected chi connectivity index (χ1v) is 4.52. The van der Waals surface area contributed by atoms with E-state index in [2.05, 4.69) is 10.3 Å². The van der Waals surface area contributed by atoms with Gasteiger partial charge in [0, 0.05) is 18.8 Å². The zero-order chi connectivity index (χ0) is 11.4. The third kappa shape index (κ3) is 2.88. The van der Waals surface area contributed by atoms with Crippen LogP contribution in [0.25, 0.3) is 0 Å². The molecule has 1 aromatic rings. The molecule has 1 atom stereocenters. The van der Waals surface area contributed by atoms with Crippen LogP contribution < -0.4 is 16.6 Å². The molecule has 1 aromatic heterocycles. The molecule has 0 aliphatic rings. The summed E-state index contributed by atoms with van der Waals surface area (Å²) >= 11 is 0. The van der Waals surface area contributed by atoms with Gasteiger partial charge in [0.15, 0.2) is 0 Å². The summed E-state index contributed by atoms with van der Waals surface area (Å²) in [6.45, 7) is 1.65. The van der Waals surface area contributed by atoms with Crippen LogP contribution >= 0.6 is 0 Å². The van der Waals surface area contributed by atoms with Crippen molar-refractivity contribution in [3.05, 3.63) is 33.1 Å². The molecule has 0 aliphatic heterocycles. The van der Waals surface area contributed by atoms with Gasteiger partial charge in [0.2, 0.25) is 0 Å². The number of ketones is 1. The summed E-state index contributed by atoms with van der Waals surface area (Å²) in [4.78, 5) is 35.3. The van der Waals surface area contributed by atoms with Crippen LogP contribution in [0.5, 0.6) is 0 Å². The van der Waals surface area contributed by atoms with Crippen molar-refractivity contribution < 1.29 is 4.79 Å².